The first-order valence-electron chi connectivity index (χ1n) is 4.92. The number of hydrogen-bond donors (Lipinski definition) is 3. The zero-order chi connectivity index (χ0) is 12.4. The first-order chi connectivity index (χ1) is 7.34. The maximum Gasteiger partial charge on any atom is 0.286 e. The van der Waals surface area contributed by atoms with Crippen molar-refractivity contribution in [2.75, 3.05) is 32.9 Å². The minimum atomic E-state index is -4.52. The summed E-state index contributed by atoms with van der Waals surface area (Å²) in [5.41, 5.74) is 0. The molecule has 2 unspecified atom stereocenters. The van der Waals surface area contributed by atoms with Crippen LogP contribution in [0.1, 0.15) is 6.92 Å². The van der Waals surface area contributed by atoms with Gasteiger partial charge in [-0.3, -0.25) is 9.45 Å². The van der Waals surface area contributed by atoms with Gasteiger partial charge in [-0.05, 0) is 6.92 Å². The normalized spacial score (nSPS) is 25.0. The smallest absolute Gasteiger partial charge is 0.286 e. The third-order valence-corrected chi connectivity index (χ3v) is 4.53. The lowest BCUT2D eigenvalue weighted by atomic mass is 10.1. The summed E-state index contributed by atoms with van der Waals surface area (Å²) in [6.07, 6.45) is -1.57. The maximum atomic E-state index is 11.4. The van der Waals surface area contributed by atoms with Crippen LogP contribution in [0.2, 0.25) is 0 Å². The fraction of sp³-hybridized carbons (Fsp3) is 1.00. The third kappa shape index (κ3) is 2.36. The highest BCUT2D eigenvalue weighted by Gasteiger charge is 2.50. The molecule has 1 aliphatic heterocycles. The predicted molar refractivity (Wildman–Crippen MR) is 55.4 cm³/mol. The van der Waals surface area contributed by atoms with E-state index >= 15 is 0 Å². The Balaban J connectivity index is 3.03. The number of rotatable bonds is 4. The molecule has 0 radical (unpaired) electrons. The Morgan fingerprint density at radius 3 is 2.31 bits per heavy atom. The summed E-state index contributed by atoms with van der Waals surface area (Å²) in [7, 11) is -4.52. The summed E-state index contributed by atoms with van der Waals surface area (Å²) in [5, 5.41) is 18.5. The van der Waals surface area contributed by atoms with Crippen molar-refractivity contribution < 1.29 is 27.9 Å². The molecule has 0 saturated carbocycles. The summed E-state index contributed by atoms with van der Waals surface area (Å²) in [4.78, 5) is -0.502. The summed E-state index contributed by atoms with van der Waals surface area (Å²) in [6, 6.07) is 0. The molecule has 3 N–H and O–H groups in total. The molecule has 0 aromatic heterocycles. The lowest BCUT2D eigenvalue weighted by Crippen LogP contribution is -2.63. The van der Waals surface area contributed by atoms with Crippen LogP contribution >= 0.6 is 0 Å². The van der Waals surface area contributed by atoms with Crippen molar-refractivity contribution >= 4 is 10.1 Å². The third-order valence-electron chi connectivity index (χ3n) is 2.95. The number of aliphatic hydroxyl groups excluding tert-OH is 2. The highest BCUT2D eigenvalue weighted by Crippen LogP contribution is 2.26. The number of morpholine rings is 1. The van der Waals surface area contributed by atoms with E-state index in [1.807, 2.05) is 0 Å². The highest BCUT2D eigenvalue weighted by molar-refractivity contribution is 7.87. The molecule has 0 bridgehead atoms. The number of ether oxygens (including phenoxy) is 1. The van der Waals surface area contributed by atoms with Crippen LogP contribution in [0.3, 0.4) is 0 Å². The molecule has 1 rings (SSSR count). The van der Waals surface area contributed by atoms with Crippen LogP contribution in [0.15, 0.2) is 0 Å². The van der Waals surface area contributed by atoms with Gasteiger partial charge in [-0.2, -0.15) is 8.42 Å². The van der Waals surface area contributed by atoms with E-state index in [2.05, 4.69) is 0 Å². The van der Waals surface area contributed by atoms with E-state index in [0.717, 1.165) is 0 Å². The molecule has 1 aliphatic rings. The second-order valence-corrected chi connectivity index (χ2v) is 5.60. The van der Waals surface area contributed by atoms with Crippen LogP contribution in [-0.4, -0.2) is 72.0 Å². The van der Waals surface area contributed by atoms with Gasteiger partial charge >= 0.3 is 0 Å². The van der Waals surface area contributed by atoms with Gasteiger partial charge in [0.15, 0.2) is 4.87 Å². The summed E-state index contributed by atoms with van der Waals surface area (Å²) >= 11 is 0. The van der Waals surface area contributed by atoms with Crippen molar-refractivity contribution in [3.05, 3.63) is 0 Å². The topological polar surface area (TPSA) is 107 Å². The molecule has 1 heterocycles. The first-order valence-corrected chi connectivity index (χ1v) is 6.36. The van der Waals surface area contributed by atoms with Crippen molar-refractivity contribution in [1.29, 1.82) is 0 Å². The van der Waals surface area contributed by atoms with Gasteiger partial charge in [-0.1, -0.05) is 0 Å². The number of aliphatic hydroxyl groups is 2. The predicted octanol–water partition coefficient (Wildman–Crippen LogP) is -1.72. The SMILES string of the molecule is CC(C(O)CO)(N1CCOCC1)S(=O)(=O)O. The van der Waals surface area contributed by atoms with E-state index in [-0.39, 0.29) is 13.1 Å². The summed E-state index contributed by atoms with van der Waals surface area (Å²) in [6.45, 7) is 1.63. The molecule has 0 amide bonds. The van der Waals surface area contributed by atoms with Crippen molar-refractivity contribution in [1.82, 2.24) is 4.90 Å². The molecular weight excluding hydrogens is 238 g/mol. The van der Waals surface area contributed by atoms with Crippen molar-refractivity contribution in [3.63, 3.8) is 0 Å². The number of nitrogens with zero attached hydrogens (tertiary/aromatic N) is 1. The quantitative estimate of drug-likeness (QED) is 0.513. The Bertz CT molecular complexity index is 325. The molecule has 0 spiro atoms. The Hall–Kier alpha value is -0.250. The van der Waals surface area contributed by atoms with Crippen molar-refractivity contribution in [2.24, 2.45) is 0 Å². The number of hydrogen-bond acceptors (Lipinski definition) is 6. The summed E-state index contributed by atoms with van der Waals surface area (Å²) < 4.78 is 37.0. The Labute approximate surface area is 94.4 Å². The summed E-state index contributed by atoms with van der Waals surface area (Å²) in [5.74, 6) is 0. The lowest BCUT2D eigenvalue weighted by Gasteiger charge is -2.42. The largest absolute Gasteiger partial charge is 0.394 e. The van der Waals surface area contributed by atoms with E-state index in [1.54, 1.807) is 0 Å². The first kappa shape index (κ1) is 13.8. The maximum absolute atomic E-state index is 11.4. The van der Waals surface area contributed by atoms with Gasteiger partial charge in [0.1, 0.15) is 6.10 Å². The Morgan fingerprint density at radius 1 is 1.44 bits per heavy atom. The van der Waals surface area contributed by atoms with Gasteiger partial charge in [0, 0.05) is 13.1 Å². The minimum Gasteiger partial charge on any atom is -0.394 e. The van der Waals surface area contributed by atoms with Crippen LogP contribution < -0.4 is 0 Å². The van der Waals surface area contributed by atoms with Gasteiger partial charge in [0.05, 0.1) is 19.8 Å². The zero-order valence-corrected chi connectivity index (χ0v) is 9.85. The van der Waals surface area contributed by atoms with Crippen molar-refractivity contribution in [3.8, 4) is 0 Å². The van der Waals surface area contributed by atoms with E-state index in [9.17, 15) is 18.1 Å². The molecule has 0 aliphatic carbocycles. The van der Waals surface area contributed by atoms with E-state index in [1.165, 1.54) is 11.8 Å². The van der Waals surface area contributed by atoms with E-state index < -0.39 is 27.7 Å². The molecule has 1 fully saturated rings. The van der Waals surface area contributed by atoms with Gasteiger partial charge in [-0.15, -0.1) is 0 Å². The van der Waals surface area contributed by atoms with Crippen LogP contribution in [-0.2, 0) is 14.9 Å². The van der Waals surface area contributed by atoms with Crippen LogP contribution in [0, 0.1) is 0 Å². The van der Waals surface area contributed by atoms with E-state index in [0.29, 0.717) is 13.2 Å². The van der Waals surface area contributed by atoms with Crippen LogP contribution in [0.5, 0.6) is 0 Å². The molecule has 8 heteroatoms. The fourth-order valence-corrected chi connectivity index (χ4v) is 2.65. The van der Waals surface area contributed by atoms with Gasteiger partial charge in [0.25, 0.3) is 10.1 Å². The van der Waals surface area contributed by atoms with E-state index in [4.69, 9.17) is 9.84 Å². The Kier molecular flexibility index (Phi) is 4.27. The highest BCUT2D eigenvalue weighted by atomic mass is 32.2. The standard InChI is InChI=1S/C8H17NO6S/c1-8(7(11)6-10,16(12,13)14)9-2-4-15-5-3-9/h7,10-11H,2-6H2,1H3,(H,12,13,14). The molecule has 0 aromatic carbocycles. The fourth-order valence-electron chi connectivity index (χ4n) is 1.72. The molecule has 96 valence electrons. The minimum absolute atomic E-state index is 0.271. The molecule has 16 heavy (non-hydrogen) atoms. The molecule has 7 nitrogen and oxygen atoms in total. The zero-order valence-electron chi connectivity index (χ0n) is 9.03. The van der Waals surface area contributed by atoms with Crippen LogP contribution in [0.25, 0.3) is 0 Å². The average molecular weight is 255 g/mol. The second kappa shape index (κ2) is 4.94. The molecule has 2 atom stereocenters. The molecular formula is C8H17NO6S. The Morgan fingerprint density at radius 2 is 1.94 bits per heavy atom. The van der Waals surface area contributed by atoms with Crippen molar-refractivity contribution in [2.45, 2.75) is 17.9 Å². The van der Waals surface area contributed by atoms with Crippen LogP contribution in [0.4, 0.5) is 0 Å². The lowest BCUT2D eigenvalue weighted by molar-refractivity contribution is -0.0512. The van der Waals surface area contributed by atoms with Gasteiger partial charge in [-0.25, -0.2) is 0 Å². The monoisotopic (exact) mass is 255 g/mol. The van der Waals surface area contributed by atoms with Gasteiger partial charge in [0.2, 0.25) is 0 Å². The average Bonchev–Trinajstić information content (AvgIpc) is 2.26. The molecule has 1 saturated heterocycles. The molecule has 0 aromatic rings. The van der Waals surface area contributed by atoms with Gasteiger partial charge < -0.3 is 14.9 Å². The second-order valence-electron chi connectivity index (χ2n) is 3.83.